The van der Waals surface area contributed by atoms with Crippen LogP contribution in [0.1, 0.15) is 89.5 Å². The number of nitrogens with one attached hydrogen (secondary N) is 2. The SMILES string of the molecule is Cc1cccc(-c2c(COCc3ccccc3)c(C(=O)NC(C)(C)C)n(C(C)(C)C)c2NC(C)(C)C)c1. The number of rotatable bonds is 7. The van der Waals surface area contributed by atoms with E-state index >= 15 is 0 Å². The summed E-state index contributed by atoms with van der Waals surface area (Å²) in [4.78, 5) is 14.0. The maximum atomic E-state index is 14.0. The molecule has 0 atom stereocenters. The zero-order valence-electron chi connectivity index (χ0n) is 24.4. The number of nitrogens with zero attached hydrogens (tertiary/aromatic N) is 1. The van der Waals surface area contributed by atoms with E-state index in [0.29, 0.717) is 18.9 Å². The molecule has 3 rings (SSSR count). The van der Waals surface area contributed by atoms with Gasteiger partial charge in [0.25, 0.3) is 5.91 Å². The molecule has 0 bridgehead atoms. The lowest BCUT2D eigenvalue weighted by Gasteiger charge is -2.32. The van der Waals surface area contributed by atoms with Crippen LogP contribution in [0.15, 0.2) is 54.6 Å². The molecule has 5 nitrogen and oxygen atoms in total. The molecule has 0 aliphatic carbocycles. The fraction of sp³-hybridized carbons (Fsp3) is 0.469. The van der Waals surface area contributed by atoms with Crippen molar-refractivity contribution in [3.05, 3.63) is 77.0 Å². The lowest BCUT2D eigenvalue weighted by atomic mass is 9.99. The first-order valence-corrected chi connectivity index (χ1v) is 13.1. The number of carbonyl (C=O) groups is 1. The number of anilines is 1. The number of aromatic nitrogens is 1. The minimum absolute atomic E-state index is 0.100. The van der Waals surface area contributed by atoms with Gasteiger partial charge in [-0.25, -0.2) is 0 Å². The van der Waals surface area contributed by atoms with E-state index in [9.17, 15) is 4.79 Å². The van der Waals surface area contributed by atoms with Crippen LogP contribution in [0, 0.1) is 6.92 Å². The average Bonchev–Trinajstić information content (AvgIpc) is 3.06. The van der Waals surface area contributed by atoms with Gasteiger partial charge < -0.3 is 19.9 Å². The van der Waals surface area contributed by atoms with Crippen molar-refractivity contribution >= 4 is 11.7 Å². The first-order valence-electron chi connectivity index (χ1n) is 13.1. The van der Waals surface area contributed by atoms with Gasteiger partial charge in [-0.1, -0.05) is 60.2 Å². The first-order chi connectivity index (χ1) is 17.1. The second kappa shape index (κ2) is 10.7. The Morgan fingerprint density at radius 3 is 2.03 bits per heavy atom. The van der Waals surface area contributed by atoms with E-state index in [1.165, 1.54) is 5.56 Å². The van der Waals surface area contributed by atoms with Crippen molar-refractivity contribution in [1.82, 2.24) is 9.88 Å². The van der Waals surface area contributed by atoms with Crippen LogP contribution in [0.4, 0.5) is 5.82 Å². The Morgan fingerprint density at radius 2 is 1.49 bits per heavy atom. The molecule has 0 unspecified atom stereocenters. The van der Waals surface area contributed by atoms with Crippen LogP contribution >= 0.6 is 0 Å². The molecule has 0 radical (unpaired) electrons. The molecule has 0 spiro atoms. The maximum Gasteiger partial charge on any atom is 0.268 e. The van der Waals surface area contributed by atoms with Crippen LogP contribution in [0.5, 0.6) is 0 Å². The summed E-state index contributed by atoms with van der Waals surface area (Å²) in [6.45, 7) is 21.8. The third-order valence-corrected chi connectivity index (χ3v) is 5.80. The van der Waals surface area contributed by atoms with Gasteiger partial charge in [0.2, 0.25) is 0 Å². The Hall–Kier alpha value is -3.05. The molecule has 200 valence electrons. The smallest absolute Gasteiger partial charge is 0.268 e. The second-order valence-electron chi connectivity index (χ2n) is 13.0. The third-order valence-electron chi connectivity index (χ3n) is 5.80. The van der Waals surface area contributed by atoms with E-state index in [-0.39, 0.29) is 22.5 Å². The van der Waals surface area contributed by atoms with Gasteiger partial charge in [0.15, 0.2) is 0 Å². The molecule has 1 amide bonds. The summed E-state index contributed by atoms with van der Waals surface area (Å²) in [5.41, 5.74) is 4.91. The highest BCUT2D eigenvalue weighted by Gasteiger charge is 2.35. The van der Waals surface area contributed by atoms with E-state index < -0.39 is 0 Å². The lowest BCUT2D eigenvalue weighted by molar-refractivity contribution is 0.0880. The summed E-state index contributed by atoms with van der Waals surface area (Å²) < 4.78 is 8.47. The number of hydrogen-bond donors (Lipinski definition) is 2. The predicted molar refractivity (Wildman–Crippen MR) is 155 cm³/mol. The lowest BCUT2D eigenvalue weighted by Crippen LogP contribution is -2.43. The topological polar surface area (TPSA) is 55.3 Å². The molecule has 2 aromatic carbocycles. The van der Waals surface area contributed by atoms with Crippen LogP contribution < -0.4 is 10.6 Å². The highest BCUT2D eigenvalue weighted by atomic mass is 16.5. The zero-order chi connectivity index (χ0) is 27.6. The van der Waals surface area contributed by atoms with Crippen LogP contribution in [0.25, 0.3) is 11.1 Å². The van der Waals surface area contributed by atoms with Gasteiger partial charge in [0, 0.05) is 27.7 Å². The molecule has 3 aromatic rings. The molecular weight excluding hydrogens is 458 g/mol. The van der Waals surface area contributed by atoms with Crippen molar-refractivity contribution < 1.29 is 9.53 Å². The third kappa shape index (κ3) is 7.48. The number of amides is 1. The van der Waals surface area contributed by atoms with Gasteiger partial charge in [-0.2, -0.15) is 0 Å². The average molecular weight is 504 g/mol. The van der Waals surface area contributed by atoms with Crippen molar-refractivity contribution in [3.8, 4) is 11.1 Å². The highest BCUT2D eigenvalue weighted by Crippen LogP contribution is 2.42. The minimum atomic E-state index is -0.382. The number of benzene rings is 2. The number of carbonyl (C=O) groups excluding carboxylic acids is 1. The predicted octanol–water partition coefficient (Wildman–Crippen LogP) is 7.67. The van der Waals surface area contributed by atoms with Crippen molar-refractivity contribution in [2.24, 2.45) is 0 Å². The molecule has 5 heteroatoms. The molecule has 1 aromatic heterocycles. The molecule has 0 saturated heterocycles. The highest BCUT2D eigenvalue weighted by molar-refractivity contribution is 6.00. The molecule has 0 saturated carbocycles. The minimum Gasteiger partial charge on any atom is -0.372 e. The van der Waals surface area contributed by atoms with Gasteiger partial charge >= 0.3 is 0 Å². The number of aryl methyl sites for hydroxylation is 1. The normalized spacial score (nSPS) is 12.5. The van der Waals surface area contributed by atoms with Gasteiger partial charge in [-0.15, -0.1) is 0 Å². The van der Waals surface area contributed by atoms with E-state index in [0.717, 1.165) is 28.1 Å². The molecule has 1 heterocycles. The van der Waals surface area contributed by atoms with E-state index in [2.05, 4.69) is 100 Å². The summed E-state index contributed by atoms with van der Waals surface area (Å²) in [7, 11) is 0. The molecule has 0 fully saturated rings. The van der Waals surface area contributed by atoms with Crippen LogP contribution in [-0.4, -0.2) is 21.6 Å². The van der Waals surface area contributed by atoms with Crippen LogP contribution in [0.3, 0.4) is 0 Å². The van der Waals surface area contributed by atoms with Gasteiger partial charge in [-0.05, 0) is 80.4 Å². The number of ether oxygens (including phenoxy) is 1. The Morgan fingerprint density at radius 1 is 0.838 bits per heavy atom. The maximum absolute atomic E-state index is 14.0. The molecule has 2 N–H and O–H groups in total. The Labute approximate surface area is 223 Å². The fourth-order valence-electron chi connectivity index (χ4n) is 4.50. The quantitative estimate of drug-likeness (QED) is 0.348. The van der Waals surface area contributed by atoms with E-state index in [4.69, 9.17) is 4.74 Å². The largest absolute Gasteiger partial charge is 0.372 e. The first kappa shape index (κ1) is 28.5. The summed E-state index contributed by atoms with van der Waals surface area (Å²) >= 11 is 0. The zero-order valence-corrected chi connectivity index (χ0v) is 24.4. The van der Waals surface area contributed by atoms with Gasteiger partial charge in [0.05, 0.1) is 13.2 Å². The van der Waals surface area contributed by atoms with Crippen molar-refractivity contribution in [2.45, 2.75) is 99.1 Å². The van der Waals surface area contributed by atoms with Gasteiger partial charge in [0.1, 0.15) is 11.5 Å². The summed E-state index contributed by atoms with van der Waals surface area (Å²) in [5.74, 6) is 0.833. The van der Waals surface area contributed by atoms with Crippen molar-refractivity contribution in [1.29, 1.82) is 0 Å². The Kier molecular flexibility index (Phi) is 8.28. The molecule has 0 aliphatic heterocycles. The van der Waals surface area contributed by atoms with Crippen LogP contribution in [0.2, 0.25) is 0 Å². The molecule has 37 heavy (non-hydrogen) atoms. The Balaban J connectivity index is 2.31. The molecule has 0 aliphatic rings. The van der Waals surface area contributed by atoms with Gasteiger partial charge in [-0.3, -0.25) is 4.79 Å². The standard InChI is InChI=1S/C32H45N3O2/c1-22-15-14-18-24(19-22)26-25(21-37-20-23-16-12-11-13-17-23)27(29(36)34-31(5,6)7)35(32(8,9)10)28(26)33-30(2,3)4/h11-19,33H,20-21H2,1-10H3,(H,34,36). The Bertz CT molecular complexity index is 1220. The van der Waals surface area contributed by atoms with Crippen molar-refractivity contribution in [2.75, 3.05) is 5.32 Å². The number of hydrogen-bond acceptors (Lipinski definition) is 3. The summed E-state index contributed by atoms with van der Waals surface area (Å²) in [5, 5.41) is 6.98. The monoisotopic (exact) mass is 503 g/mol. The molecular formula is C32H45N3O2. The van der Waals surface area contributed by atoms with Crippen LogP contribution in [-0.2, 0) is 23.5 Å². The summed E-state index contributed by atoms with van der Waals surface area (Å²) in [6, 6.07) is 18.6. The summed E-state index contributed by atoms with van der Waals surface area (Å²) in [6.07, 6.45) is 0. The van der Waals surface area contributed by atoms with E-state index in [1.54, 1.807) is 0 Å². The van der Waals surface area contributed by atoms with E-state index in [1.807, 2.05) is 39.0 Å². The second-order valence-corrected chi connectivity index (χ2v) is 13.0. The van der Waals surface area contributed by atoms with Crippen molar-refractivity contribution in [3.63, 3.8) is 0 Å². The fourth-order valence-corrected chi connectivity index (χ4v) is 4.50.